The molecule has 104 valence electrons. The maximum absolute atomic E-state index is 11.5. The second kappa shape index (κ2) is 5.54. The molecule has 0 bridgehead atoms. The molecule has 0 spiro atoms. The van der Waals surface area contributed by atoms with Crippen molar-refractivity contribution in [3.05, 3.63) is 5.82 Å². The number of hydrogen-bond donors (Lipinski definition) is 0. The van der Waals surface area contributed by atoms with Crippen LogP contribution in [0.25, 0.3) is 0 Å². The van der Waals surface area contributed by atoms with Gasteiger partial charge in [-0.25, -0.2) is 8.42 Å². The lowest BCUT2D eigenvalue weighted by Gasteiger charge is -2.24. The smallest absolute Gasteiger partial charge is 0.296 e. The summed E-state index contributed by atoms with van der Waals surface area (Å²) in [6, 6.07) is 0. The molecule has 18 heavy (non-hydrogen) atoms. The lowest BCUT2D eigenvalue weighted by atomic mass is 10.1. The molecule has 0 radical (unpaired) electrons. The standard InChI is InChI=1S/C10H18ClN3O3S/c1-10(2,3)14-8(6-5-7-17-4)12-13-9(14)18(11,15)16/h5-7H2,1-4H3. The number of rotatable bonds is 5. The Labute approximate surface area is 112 Å². The fraction of sp³-hybridized carbons (Fsp3) is 0.800. The Hall–Kier alpha value is -0.660. The number of aryl methyl sites for hydroxylation is 1. The first-order valence-electron chi connectivity index (χ1n) is 5.56. The van der Waals surface area contributed by atoms with Gasteiger partial charge >= 0.3 is 0 Å². The highest BCUT2D eigenvalue weighted by molar-refractivity contribution is 8.13. The second-order valence-corrected chi connectivity index (χ2v) is 7.40. The van der Waals surface area contributed by atoms with E-state index >= 15 is 0 Å². The van der Waals surface area contributed by atoms with E-state index in [2.05, 4.69) is 10.2 Å². The minimum absolute atomic E-state index is 0.205. The lowest BCUT2D eigenvalue weighted by molar-refractivity contribution is 0.193. The Morgan fingerprint density at radius 3 is 2.39 bits per heavy atom. The maximum Gasteiger partial charge on any atom is 0.296 e. The highest BCUT2D eigenvalue weighted by atomic mass is 35.7. The van der Waals surface area contributed by atoms with Gasteiger partial charge in [0.2, 0.25) is 0 Å². The molecule has 1 aromatic heterocycles. The van der Waals surface area contributed by atoms with Crippen LogP contribution in [0.3, 0.4) is 0 Å². The fourth-order valence-corrected chi connectivity index (χ4v) is 2.70. The monoisotopic (exact) mass is 295 g/mol. The van der Waals surface area contributed by atoms with Gasteiger partial charge in [0.1, 0.15) is 5.82 Å². The molecule has 0 saturated carbocycles. The van der Waals surface area contributed by atoms with Crippen LogP contribution in [0.15, 0.2) is 5.16 Å². The summed E-state index contributed by atoms with van der Waals surface area (Å²) < 4.78 is 29.4. The van der Waals surface area contributed by atoms with Gasteiger partial charge < -0.3 is 4.74 Å². The number of nitrogens with zero attached hydrogens (tertiary/aromatic N) is 3. The third-order valence-electron chi connectivity index (χ3n) is 2.34. The molecule has 0 aromatic carbocycles. The first kappa shape index (κ1) is 15.4. The summed E-state index contributed by atoms with van der Waals surface area (Å²) in [6.07, 6.45) is 1.33. The Kier molecular flexibility index (Phi) is 4.74. The van der Waals surface area contributed by atoms with Gasteiger partial charge in [0.15, 0.2) is 0 Å². The van der Waals surface area contributed by atoms with E-state index in [1.807, 2.05) is 20.8 Å². The van der Waals surface area contributed by atoms with Crippen LogP contribution in [0.1, 0.15) is 33.0 Å². The SMILES string of the molecule is COCCCc1nnc(S(=O)(=O)Cl)n1C(C)(C)C. The number of halogens is 1. The van der Waals surface area contributed by atoms with Crippen molar-refractivity contribution < 1.29 is 13.2 Å². The predicted octanol–water partition coefficient (Wildman–Crippen LogP) is 1.54. The van der Waals surface area contributed by atoms with Crippen molar-refractivity contribution in [2.75, 3.05) is 13.7 Å². The molecule has 0 unspecified atom stereocenters. The molecule has 1 aromatic rings. The molecule has 0 saturated heterocycles. The van der Waals surface area contributed by atoms with E-state index in [1.54, 1.807) is 11.7 Å². The van der Waals surface area contributed by atoms with Crippen molar-refractivity contribution in [3.63, 3.8) is 0 Å². The predicted molar refractivity (Wildman–Crippen MR) is 68.3 cm³/mol. The van der Waals surface area contributed by atoms with Crippen molar-refractivity contribution in [1.29, 1.82) is 0 Å². The van der Waals surface area contributed by atoms with E-state index in [0.717, 1.165) is 6.42 Å². The van der Waals surface area contributed by atoms with Gasteiger partial charge in [-0.3, -0.25) is 4.57 Å². The van der Waals surface area contributed by atoms with E-state index in [4.69, 9.17) is 15.4 Å². The van der Waals surface area contributed by atoms with E-state index in [-0.39, 0.29) is 5.16 Å². The first-order chi connectivity index (χ1) is 8.18. The van der Waals surface area contributed by atoms with E-state index in [9.17, 15) is 8.42 Å². The number of aromatic nitrogens is 3. The average Bonchev–Trinajstić information content (AvgIpc) is 2.60. The number of hydrogen-bond acceptors (Lipinski definition) is 5. The van der Waals surface area contributed by atoms with Crippen molar-refractivity contribution in [2.24, 2.45) is 0 Å². The molecule has 0 aliphatic carbocycles. The molecule has 0 fully saturated rings. The topological polar surface area (TPSA) is 74.1 Å². The Bertz CT molecular complexity index is 505. The minimum atomic E-state index is -3.90. The quantitative estimate of drug-likeness (QED) is 0.608. The summed E-state index contributed by atoms with van der Waals surface area (Å²) >= 11 is 0. The molecule has 1 rings (SSSR count). The number of ether oxygens (including phenoxy) is 1. The van der Waals surface area contributed by atoms with Gasteiger partial charge in [-0.2, -0.15) is 0 Å². The molecular weight excluding hydrogens is 278 g/mol. The second-order valence-electron chi connectivity index (χ2n) is 4.94. The molecule has 0 amide bonds. The zero-order valence-electron chi connectivity index (χ0n) is 11.0. The summed E-state index contributed by atoms with van der Waals surface area (Å²) in [6.45, 7) is 6.21. The van der Waals surface area contributed by atoms with Crippen molar-refractivity contribution >= 4 is 19.7 Å². The van der Waals surface area contributed by atoms with Crippen molar-refractivity contribution in [3.8, 4) is 0 Å². The third kappa shape index (κ3) is 3.66. The molecular formula is C10H18ClN3O3S. The van der Waals surface area contributed by atoms with Crippen LogP contribution in [0.2, 0.25) is 0 Å². The summed E-state index contributed by atoms with van der Waals surface area (Å²) in [5, 5.41) is 7.39. The summed E-state index contributed by atoms with van der Waals surface area (Å²) in [4.78, 5) is 0. The normalized spacial score (nSPS) is 12.9. The van der Waals surface area contributed by atoms with Crippen LogP contribution in [-0.4, -0.2) is 36.9 Å². The molecule has 0 N–H and O–H groups in total. The van der Waals surface area contributed by atoms with Gasteiger partial charge in [-0.15, -0.1) is 10.2 Å². The maximum atomic E-state index is 11.5. The van der Waals surface area contributed by atoms with Crippen LogP contribution in [-0.2, 0) is 25.7 Å². The summed E-state index contributed by atoms with van der Waals surface area (Å²) in [5.41, 5.74) is -0.455. The van der Waals surface area contributed by atoms with Gasteiger partial charge in [-0.05, 0) is 27.2 Å². The van der Waals surface area contributed by atoms with E-state index in [1.165, 1.54) is 0 Å². The highest BCUT2D eigenvalue weighted by Crippen LogP contribution is 2.24. The molecule has 1 heterocycles. The summed E-state index contributed by atoms with van der Waals surface area (Å²) in [7, 11) is 3.09. The van der Waals surface area contributed by atoms with Crippen LogP contribution in [0.5, 0.6) is 0 Å². The molecule has 6 nitrogen and oxygen atoms in total. The zero-order chi connectivity index (χ0) is 14.0. The molecule has 0 aliphatic heterocycles. The number of methoxy groups -OCH3 is 1. The summed E-state index contributed by atoms with van der Waals surface area (Å²) in [5.74, 6) is 0.596. The lowest BCUT2D eigenvalue weighted by Crippen LogP contribution is -2.27. The van der Waals surface area contributed by atoms with Crippen LogP contribution in [0, 0.1) is 0 Å². The first-order valence-corrected chi connectivity index (χ1v) is 7.87. The molecule has 0 aliphatic rings. The Morgan fingerprint density at radius 2 is 1.94 bits per heavy atom. The third-order valence-corrected chi connectivity index (χ3v) is 3.45. The van der Waals surface area contributed by atoms with Gasteiger partial charge in [0.25, 0.3) is 14.2 Å². The van der Waals surface area contributed by atoms with Crippen molar-refractivity contribution in [2.45, 2.75) is 44.3 Å². The van der Waals surface area contributed by atoms with Crippen LogP contribution < -0.4 is 0 Å². The Morgan fingerprint density at radius 1 is 1.33 bits per heavy atom. The van der Waals surface area contributed by atoms with Crippen molar-refractivity contribution in [1.82, 2.24) is 14.8 Å². The van der Waals surface area contributed by atoms with Gasteiger partial charge in [0, 0.05) is 36.4 Å². The largest absolute Gasteiger partial charge is 0.385 e. The fourth-order valence-electron chi connectivity index (χ4n) is 1.67. The molecule has 0 atom stereocenters. The highest BCUT2D eigenvalue weighted by Gasteiger charge is 2.29. The molecule has 8 heteroatoms. The van der Waals surface area contributed by atoms with Gasteiger partial charge in [-0.1, -0.05) is 0 Å². The van der Waals surface area contributed by atoms with E-state index in [0.29, 0.717) is 18.9 Å². The van der Waals surface area contributed by atoms with Crippen LogP contribution >= 0.6 is 10.7 Å². The minimum Gasteiger partial charge on any atom is -0.385 e. The zero-order valence-corrected chi connectivity index (χ0v) is 12.5. The average molecular weight is 296 g/mol. The Balaban J connectivity index is 3.17. The van der Waals surface area contributed by atoms with E-state index < -0.39 is 14.6 Å². The van der Waals surface area contributed by atoms with Crippen LogP contribution in [0.4, 0.5) is 0 Å². The van der Waals surface area contributed by atoms with Gasteiger partial charge in [0.05, 0.1) is 0 Å².